The molecule has 3 heterocycles. The first kappa shape index (κ1) is 19.4. The molecular formula is C16H26N4O5S. The molecular weight excluding hydrogens is 360 g/mol. The molecule has 0 amide bonds. The molecule has 26 heavy (non-hydrogen) atoms. The molecule has 0 aromatic carbocycles. The number of rotatable bonds is 8. The quantitative estimate of drug-likeness (QED) is 0.289. The van der Waals surface area contributed by atoms with E-state index in [0.717, 1.165) is 37.0 Å². The Morgan fingerprint density at radius 3 is 3.04 bits per heavy atom. The number of hydroxylamine groups is 2. The molecule has 3 unspecified atom stereocenters. The Kier molecular flexibility index (Phi) is 6.41. The van der Waals surface area contributed by atoms with Crippen LogP contribution in [0.4, 0.5) is 5.13 Å². The third kappa shape index (κ3) is 4.32. The molecule has 3 atom stereocenters. The zero-order valence-electron chi connectivity index (χ0n) is 15.3. The average Bonchev–Trinajstić information content (AvgIpc) is 3.33. The van der Waals surface area contributed by atoms with Crippen molar-refractivity contribution >= 4 is 22.4 Å². The molecule has 1 aromatic heterocycles. The maximum absolute atomic E-state index is 13.4. The summed E-state index contributed by atoms with van der Waals surface area (Å²) in [5, 5.41) is 22.0. The lowest BCUT2D eigenvalue weighted by Crippen LogP contribution is -2.51. The van der Waals surface area contributed by atoms with E-state index in [9.17, 15) is 10.0 Å². The Labute approximate surface area is 157 Å². The third-order valence-electron chi connectivity index (χ3n) is 4.52. The molecule has 0 radical (unpaired) electrons. The van der Waals surface area contributed by atoms with Crippen molar-refractivity contribution in [3.05, 3.63) is 5.21 Å². The predicted octanol–water partition coefficient (Wildman–Crippen LogP) is 1.86. The summed E-state index contributed by atoms with van der Waals surface area (Å²) < 4.78 is 15.6. The van der Waals surface area contributed by atoms with Crippen molar-refractivity contribution < 1.29 is 19.0 Å². The number of esters is 1. The van der Waals surface area contributed by atoms with Gasteiger partial charge in [-0.25, -0.2) is 9.69 Å². The molecule has 1 aromatic rings. The molecule has 2 aliphatic rings. The Morgan fingerprint density at radius 1 is 1.46 bits per heavy atom. The largest absolute Gasteiger partial charge is 0.622 e. The number of hydrogen-bond donors (Lipinski definition) is 0. The minimum absolute atomic E-state index is 0.147. The zero-order valence-corrected chi connectivity index (χ0v) is 16.1. The van der Waals surface area contributed by atoms with Gasteiger partial charge in [0.2, 0.25) is 0 Å². The van der Waals surface area contributed by atoms with Crippen LogP contribution in [0.15, 0.2) is 0 Å². The van der Waals surface area contributed by atoms with Crippen LogP contribution in [0, 0.1) is 5.21 Å². The van der Waals surface area contributed by atoms with E-state index in [-0.39, 0.29) is 11.8 Å². The van der Waals surface area contributed by atoms with Gasteiger partial charge in [-0.15, -0.1) is 0 Å². The second-order valence-electron chi connectivity index (χ2n) is 6.77. The van der Waals surface area contributed by atoms with Crippen LogP contribution in [0.3, 0.4) is 0 Å². The number of carbonyl (C=O) groups is 1. The van der Waals surface area contributed by atoms with E-state index in [0.29, 0.717) is 31.4 Å². The molecule has 2 fully saturated rings. The van der Waals surface area contributed by atoms with Crippen LogP contribution in [-0.2, 0) is 14.3 Å². The molecule has 2 saturated heterocycles. The van der Waals surface area contributed by atoms with Gasteiger partial charge in [0.25, 0.3) is 11.4 Å². The van der Waals surface area contributed by atoms with Gasteiger partial charge in [-0.3, -0.25) is 4.65 Å². The summed E-state index contributed by atoms with van der Waals surface area (Å²) in [5.74, 6) is -0.471. The fourth-order valence-electron chi connectivity index (χ4n) is 3.11. The van der Waals surface area contributed by atoms with Gasteiger partial charge in [-0.1, -0.05) is 30.0 Å². The normalized spacial score (nSPS) is 29.2. The smallest absolute Gasteiger partial charge is 0.339 e. The van der Waals surface area contributed by atoms with Gasteiger partial charge in [0.1, 0.15) is 6.67 Å². The molecule has 2 aliphatic heterocycles. The number of hydrogen-bond acceptors (Lipinski definition) is 9. The summed E-state index contributed by atoms with van der Waals surface area (Å²) in [4.78, 5) is 14.1. The number of ether oxygens (including phenoxy) is 3. The highest BCUT2D eigenvalue weighted by molar-refractivity contribution is 7.16. The minimum atomic E-state index is -0.877. The standard InChI is InChI=1S/C16H26N4O5S/c1-3-4-5-8-24-16-18-17-15(26-16)20(22)11-19(2)10-13(20)25-14(21)12-7-6-9-23-12/h12-13H,3-11H2,1-2H3. The monoisotopic (exact) mass is 386 g/mol. The van der Waals surface area contributed by atoms with Crippen molar-refractivity contribution in [2.75, 3.05) is 33.5 Å². The molecule has 0 spiro atoms. The first-order valence-corrected chi connectivity index (χ1v) is 9.91. The Bertz CT molecular complexity index is 609. The second kappa shape index (κ2) is 8.57. The maximum Gasteiger partial charge on any atom is 0.339 e. The lowest BCUT2D eigenvalue weighted by atomic mass is 10.2. The minimum Gasteiger partial charge on any atom is -0.622 e. The Morgan fingerprint density at radius 2 is 2.31 bits per heavy atom. The molecule has 0 N–H and O–H groups in total. The van der Waals surface area contributed by atoms with Crippen LogP contribution >= 0.6 is 11.3 Å². The number of aromatic nitrogens is 2. The second-order valence-corrected chi connectivity index (χ2v) is 7.69. The summed E-state index contributed by atoms with van der Waals surface area (Å²) in [5.41, 5.74) is 0. The van der Waals surface area contributed by atoms with E-state index < -0.39 is 22.9 Å². The van der Waals surface area contributed by atoms with Gasteiger partial charge in [-0.05, 0) is 26.3 Å². The first-order chi connectivity index (χ1) is 12.5. The summed E-state index contributed by atoms with van der Waals surface area (Å²) in [6, 6.07) is 0. The van der Waals surface area contributed by atoms with E-state index in [1.165, 1.54) is 0 Å². The SMILES string of the molecule is CCCCCOc1nnc([N+]2([O-])CN(C)CC2OC(=O)C2CCCO2)s1. The molecule has 146 valence electrons. The topological polar surface area (TPSA) is 96.8 Å². The lowest BCUT2D eigenvalue weighted by Gasteiger charge is -2.38. The Balaban J connectivity index is 1.65. The van der Waals surface area contributed by atoms with Crippen LogP contribution in [0.2, 0.25) is 0 Å². The molecule has 0 aliphatic carbocycles. The summed E-state index contributed by atoms with van der Waals surface area (Å²) in [6.45, 7) is 3.72. The fraction of sp³-hybridized carbons (Fsp3) is 0.812. The van der Waals surface area contributed by atoms with E-state index in [4.69, 9.17) is 14.2 Å². The number of carbonyl (C=O) groups excluding carboxylic acids is 1. The molecule has 0 bridgehead atoms. The molecule has 9 nitrogen and oxygen atoms in total. The molecule has 3 rings (SSSR count). The highest BCUT2D eigenvalue weighted by Gasteiger charge is 2.46. The summed E-state index contributed by atoms with van der Waals surface area (Å²) >= 11 is 1.12. The van der Waals surface area contributed by atoms with Crippen molar-refractivity contribution in [3.63, 3.8) is 0 Å². The zero-order chi connectivity index (χ0) is 18.6. The fourth-order valence-corrected chi connectivity index (χ4v) is 3.90. The highest BCUT2D eigenvalue weighted by atomic mass is 32.1. The van der Waals surface area contributed by atoms with E-state index in [1.54, 1.807) is 0 Å². The van der Waals surface area contributed by atoms with E-state index in [2.05, 4.69) is 17.1 Å². The summed E-state index contributed by atoms with van der Waals surface area (Å²) in [6.07, 6.45) is 3.15. The highest BCUT2D eigenvalue weighted by Crippen LogP contribution is 2.36. The Hall–Kier alpha value is -1.33. The van der Waals surface area contributed by atoms with Gasteiger partial charge < -0.3 is 19.4 Å². The maximum atomic E-state index is 13.4. The van der Waals surface area contributed by atoms with Gasteiger partial charge >= 0.3 is 11.1 Å². The van der Waals surface area contributed by atoms with Crippen molar-refractivity contribution in [2.45, 2.75) is 51.4 Å². The lowest BCUT2D eigenvalue weighted by molar-refractivity contribution is -0.164. The summed E-state index contributed by atoms with van der Waals surface area (Å²) in [7, 11) is 1.81. The van der Waals surface area contributed by atoms with Crippen LogP contribution in [0.5, 0.6) is 5.19 Å². The number of unbranched alkanes of at least 4 members (excludes halogenated alkanes) is 2. The van der Waals surface area contributed by atoms with Gasteiger partial charge in [0.15, 0.2) is 6.10 Å². The van der Waals surface area contributed by atoms with Crippen molar-refractivity contribution in [1.29, 1.82) is 0 Å². The van der Waals surface area contributed by atoms with E-state index in [1.807, 2.05) is 11.9 Å². The molecule has 0 saturated carbocycles. The van der Waals surface area contributed by atoms with Gasteiger partial charge in [0, 0.05) is 17.9 Å². The number of nitrogens with zero attached hydrogens (tertiary/aromatic N) is 4. The molecule has 10 heteroatoms. The third-order valence-corrected chi connectivity index (χ3v) is 5.47. The van der Waals surface area contributed by atoms with Crippen molar-refractivity contribution in [1.82, 2.24) is 19.7 Å². The van der Waals surface area contributed by atoms with Crippen molar-refractivity contribution in [3.8, 4) is 5.19 Å². The predicted molar refractivity (Wildman–Crippen MR) is 96.4 cm³/mol. The van der Waals surface area contributed by atoms with Crippen LogP contribution < -0.4 is 9.38 Å². The van der Waals surface area contributed by atoms with Gasteiger partial charge in [0.05, 0.1) is 13.2 Å². The van der Waals surface area contributed by atoms with E-state index >= 15 is 0 Å². The van der Waals surface area contributed by atoms with Crippen LogP contribution in [-0.4, -0.2) is 66.9 Å². The van der Waals surface area contributed by atoms with Crippen molar-refractivity contribution in [2.24, 2.45) is 0 Å². The first-order valence-electron chi connectivity index (χ1n) is 9.09. The van der Waals surface area contributed by atoms with Crippen LogP contribution in [0.25, 0.3) is 0 Å². The number of quaternary nitrogens is 1. The number of likely N-dealkylation sites (N-methyl/N-ethyl adjacent to an activating group) is 1. The van der Waals surface area contributed by atoms with Crippen LogP contribution in [0.1, 0.15) is 39.0 Å². The average molecular weight is 386 g/mol. The van der Waals surface area contributed by atoms with Gasteiger partial charge in [-0.2, -0.15) is 0 Å².